The first-order valence-electron chi connectivity index (χ1n) is 12.9. The van der Waals surface area contributed by atoms with Crippen LogP contribution in [0.1, 0.15) is 62.6 Å². The number of likely N-dealkylation sites (N-methyl/N-ethyl adjacent to an activating group) is 1. The molecule has 0 unspecified atom stereocenters. The van der Waals surface area contributed by atoms with E-state index in [1.54, 1.807) is 11.3 Å². The molecule has 1 amide bonds. The van der Waals surface area contributed by atoms with Crippen molar-refractivity contribution in [3.8, 4) is 0 Å². The van der Waals surface area contributed by atoms with Crippen molar-refractivity contribution in [1.82, 2.24) is 20.5 Å². The molecule has 2 saturated carbocycles. The van der Waals surface area contributed by atoms with Gasteiger partial charge in [-0.05, 0) is 48.9 Å². The zero-order valence-corrected chi connectivity index (χ0v) is 22.3. The third-order valence-electron chi connectivity index (χ3n) is 7.40. The van der Waals surface area contributed by atoms with Gasteiger partial charge in [0.1, 0.15) is 16.6 Å². The third-order valence-corrected chi connectivity index (χ3v) is 8.67. The number of hydrogen-bond acceptors (Lipinski definition) is 8. The average Bonchev–Trinajstić information content (AvgIpc) is 3.75. The summed E-state index contributed by atoms with van der Waals surface area (Å²) in [7, 11) is 1.97. The van der Waals surface area contributed by atoms with Crippen LogP contribution >= 0.6 is 11.3 Å². The Labute approximate surface area is 216 Å². The van der Waals surface area contributed by atoms with Crippen LogP contribution in [0.25, 0.3) is 0 Å². The Morgan fingerprint density at radius 2 is 2.03 bits per heavy atom. The van der Waals surface area contributed by atoms with Gasteiger partial charge in [-0.15, -0.1) is 11.3 Å². The lowest BCUT2D eigenvalue weighted by Crippen LogP contribution is -2.42. The van der Waals surface area contributed by atoms with Crippen LogP contribution in [0.4, 0.5) is 11.5 Å². The number of benzene rings is 1. The molecular formula is C27H35N7OS. The number of carbonyl (C=O) groups is 1. The second-order valence-corrected chi connectivity index (χ2v) is 12.5. The summed E-state index contributed by atoms with van der Waals surface area (Å²) in [5.41, 5.74) is 4.81. The van der Waals surface area contributed by atoms with Crippen LogP contribution in [0.2, 0.25) is 0 Å². The number of aliphatic imine (C=N–C) groups is 1. The largest absolute Gasteiger partial charge is 0.349 e. The molecule has 0 atom stereocenters. The summed E-state index contributed by atoms with van der Waals surface area (Å²) in [6, 6.07) is 6.95. The molecule has 1 spiro atoms. The minimum atomic E-state index is -0.0597. The van der Waals surface area contributed by atoms with E-state index < -0.39 is 0 Å². The Balaban J connectivity index is 1.29. The smallest absolute Gasteiger partial charge is 0.252 e. The number of nitrogens with one attached hydrogen (secondary N) is 4. The molecule has 36 heavy (non-hydrogen) atoms. The second-order valence-electron chi connectivity index (χ2n) is 11.7. The van der Waals surface area contributed by atoms with Gasteiger partial charge >= 0.3 is 0 Å². The molecule has 0 bridgehead atoms. The minimum Gasteiger partial charge on any atom is -0.349 e. The molecule has 2 fully saturated rings. The molecule has 2 aromatic rings. The molecule has 0 saturated heterocycles. The summed E-state index contributed by atoms with van der Waals surface area (Å²) in [5, 5.41) is 16.6. The number of amides is 1. The number of guanidine groups is 1. The number of carbonyl (C=O) groups excluding carboxylic acids is 1. The van der Waals surface area contributed by atoms with Gasteiger partial charge in [-0.25, -0.2) is 4.98 Å². The Hall–Kier alpha value is -2.91. The maximum Gasteiger partial charge on any atom is 0.252 e. The first-order chi connectivity index (χ1) is 17.2. The molecule has 0 radical (unpaired) electrons. The Morgan fingerprint density at radius 3 is 2.72 bits per heavy atom. The summed E-state index contributed by atoms with van der Waals surface area (Å²) >= 11 is 1.62. The highest BCUT2D eigenvalue weighted by molar-refractivity contribution is 7.10. The predicted octanol–water partition coefficient (Wildman–Crippen LogP) is 3.89. The van der Waals surface area contributed by atoms with Gasteiger partial charge in [-0.1, -0.05) is 26.8 Å². The van der Waals surface area contributed by atoms with E-state index in [2.05, 4.69) is 60.2 Å². The van der Waals surface area contributed by atoms with Crippen LogP contribution in [0.5, 0.6) is 0 Å². The topological polar surface area (TPSA) is 93.7 Å². The number of thiazole rings is 1. The molecule has 6 rings (SSSR count). The zero-order chi connectivity index (χ0) is 25.1. The summed E-state index contributed by atoms with van der Waals surface area (Å²) in [6.45, 7) is 8.89. The Bertz CT molecular complexity index is 1260. The average molecular weight is 506 g/mol. The lowest BCUT2D eigenvalue weighted by Gasteiger charge is -2.30. The lowest BCUT2D eigenvalue weighted by atomic mass is 9.88. The number of rotatable bonds is 5. The second kappa shape index (κ2) is 8.59. The van der Waals surface area contributed by atoms with Crippen LogP contribution in [-0.4, -0.2) is 47.9 Å². The maximum absolute atomic E-state index is 13.1. The van der Waals surface area contributed by atoms with E-state index >= 15 is 0 Å². The highest BCUT2D eigenvalue weighted by atomic mass is 32.1. The standard InChI is InChI=1S/C27H35N7OS/c1-26(2,3)24-32-21(14-36-24)31-22-19(23(35)29-17-5-6-17)13-34(4)25(33-22)30-18-7-8-20-16(11-18)12-28-15-27(20)9-10-27/h7-8,11,14,17,28,31H,5-6,9-10,12-13,15H2,1-4H3,(H,29,35)(H,30,33). The molecule has 2 aliphatic carbocycles. The molecule has 190 valence electrons. The monoisotopic (exact) mass is 505 g/mol. The summed E-state index contributed by atoms with van der Waals surface area (Å²) < 4.78 is 0. The maximum atomic E-state index is 13.1. The van der Waals surface area contributed by atoms with Gasteiger partial charge in [0.05, 0.1) is 12.1 Å². The van der Waals surface area contributed by atoms with Crippen molar-refractivity contribution >= 4 is 34.7 Å². The van der Waals surface area contributed by atoms with E-state index in [0.717, 1.165) is 42.4 Å². The van der Waals surface area contributed by atoms with Crippen LogP contribution in [0, 0.1) is 0 Å². The van der Waals surface area contributed by atoms with E-state index in [0.29, 0.717) is 29.3 Å². The molecule has 4 aliphatic rings. The van der Waals surface area contributed by atoms with E-state index in [9.17, 15) is 4.79 Å². The van der Waals surface area contributed by atoms with Gasteiger partial charge in [0.2, 0.25) is 5.96 Å². The summed E-state index contributed by atoms with van der Waals surface area (Å²) in [6.07, 6.45) is 4.63. The first-order valence-corrected chi connectivity index (χ1v) is 13.8. The fraction of sp³-hybridized carbons (Fsp3) is 0.519. The first kappa shape index (κ1) is 23.5. The van der Waals surface area contributed by atoms with E-state index in [1.165, 1.54) is 24.0 Å². The van der Waals surface area contributed by atoms with Crippen molar-refractivity contribution in [3.05, 3.63) is 51.1 Å². The van der Waals surface area contributed by atoms with E-state index in [4.69, 9.17) is 9.98 Å². The van der Waals surface area contributed by atoms with Crippen molar-refractivity contribution in [2.75, 3.05) is 30.8 Å². The fourth-order valence-electron chi connectivity index (χ4n) is 4.94. The number of hydrogen-bond donors (Lipinski definition) is 4. The van der Waals surface area contributed by atoms with Gasteiger partial charge < -0.3 is 26.2 Å². The molecule has 8 nitrogen and oxygen atoms in total. The highest BCUT2D eigenvalue weighted by Gasteiger charge is 2.46. The van der Waals surface area contributed by atoms with E-state index in [1.807, 2.05) is 17.3 Å². The molecule has 2 aliphatic heterocycles. The van der Waals surface area contributed by atoms with Crippen molar-refractivity contribution in [3.63, 3.8) is 0 Å². The van der Waals surface area contributed by atoms with Crippen molar-refractivity contribution in [2.45, 2.75) is 69.9 Å². The highest BCUT2D eigenvalue weighted by Crippen LogP contribution is 2.50. The van der Waals surface area contributed by atoms with Crippen LogP contribution in [0.3, 0.4) is 0 Å². The third kappa shape index (κ3) is 4.62. The molecule has 4 N–H and O–H groups in total. The molecule has 1 aromatic heterocycles. The van der Waals surface area contributed by atoms with Crippen molar-refractivity contribution in [1.29, 1.82) is 0 Å². The SMILES string of the molecule is CN1CC(C(=O)NC2CC2)=C(Nc2csc(C(C)(C)C)n2)N=C1Nc1ccc2c(c1)CNCC21CC1. The fourth-order valence-corrected chi connectivity index (χ4v) is 5.78. The number of anilines is 2. The van der Waals surface area contributed by atoms with Crippen molar-refractivity contribution < 1.29 is 4.79 Å². The van der Waals surface area contributed by atoms with Gasteiger partial charge in [0.25, 0.3) is 5.91 Å². The van der Waals surface area contributed by atoms with E-state index in [-0.39, 0.29) is 17.4 Å². The van der Waals surface area contributed by atoms with Gasteiger partial charge in [0, 0.05) is 48.1 Å². The molecule has 1 aromatic carbocycles. The van der Waals surface area contributed by atoms with Gasteiger partial charge in [-0.3, -0.25) is 4.79 Å². The van der Waals surface area contributed by atoms with Crippen LogP contribution in [0.15, 0.2) is 40.0 Å². The molecule has 9 heteroatoms. The minimum absolute atomic E-state index is 0.0335. The summed E-state index contributed by atoms with van der Waals surface area (Å²) in [5.74, 6) is 1.92. The van der Waals surface area contributed by atoms with Crippen LogP contribution < -0.4 is 21.3 Å². The normalized spacial score (nSPS) is 20.7. The number of aromatic nitrogens is 1. The predicted molar refractivity (Wildman–Crippen MR) is 145 cm³/mol. The zero-order valence-electron chi connectivity index (χ0n) is 21.5. The van der Waals surface area contributed by atoms with Gasteiger partial charge in [-0.2, -0.15) is 4.99 Å². The number of fused-ring (bicyclic) bond motifs is 2. The summed E-state index contributed by atoms with van der Waals surface area (Å²) in [4.78, 5) is 24.8. The molecule has 3 heterocycles. The quantitative estimate of drug-likeness (QED) is 0.493. The Morgan fingerprint density at radius 1 is 1.22 bits per heavy atom. The lowest BCUT2D eigenvalue weighted by molar-refractivity contribution is -0.117. The van der Waals surface area contributed by atoms with Gasteiger partial charge in [0.15, 0.2) is 0 Å². The Kier molecular flexibility index (Phi) is 5.60. The van der Waals surface area contributed by atoms with Crippen LogP contribution in [-0.2, 0) is 22.2 Å². The molecular weight excluding hydrogens is 470 g/mol. The van der Waals surface area contributed by atoms with Crippen molar-refractivity contribution in [2.24, 2.45) is 4.99 Å². The number of nitrogens with zero attached hydrogens (tertiary/aromatic N) is 3.